The number of hydrogen-bond acceptors (Lipinski definition) is 6. The van der Waals surface area contributed by atoms with E-state index < -0.39 is 0 Å². The molecular weight excluding hydrogens is 457 g/mol. The number of benzene rings is 1. The molecule has 3 heterocycles. The molecule has 6 nitrogen and oxygen atoms in total. The number of piperidine rings is 1. The van der Waals surface area contributed by atoms with Gasteiger partial charge in [-0.15, -0.1) is 11.3 Å². The van der Waals surface area contributed by atoms with Crippen LogP contribution in [-0.2, 0) is 4.74 Å². The number of thiazole rings is 1. The molecule has 1 unspecified atom stereocenters. The van der Waals surface area contributed by atoms with E-state index >= 15 is 0 Å². The summed E-state index contributed by atoms with van der Waals surface area (Å²) >= 11 is 13.5. The van der Waals surface area contributed by atoms with Gasteiger partial charge in [0, 0.05) is 38.8 Å². The van der Waals surface area contributed by atoms with Crippen LogP contribution in [0.1, 0.15) is 33.2 Å². The molecule has 1 aromatic heterocycles. The van der Waals surface area contributed by atoms with Gasteiger partial charge in [-0.1, -0.05) is 23.2 Å². The van der Waals surface area contributed by atoms with Crippen LogP contribution in [0, 0.1) is 13.8 Å². The lowest BCUT2D eigenvalue weighted by Gasteiger charge is -2.38. The Hall–Kier alpha value is -1.38. The molecule has 0 saturated carbocycles. The summed E-state index contributed by atoms with van der Waals surface area (Å²) in [6.07, 6.45) is 2.07. The highest BCUT2D eigenvalue weighted by Crippen LogP contribution is 2.28. The van der Waals surface area contributed by atoms with Gasteiger partial charge in [0.05, 0.1) is 33.5 Å². The second kappa shape index (κ2) is 10.0. The van der Waals surface area contributed by atoms with Gasteiger partial charge in [-0.05, 0) is 38.8 Å². The second-order valence-electron chi connectivity index (χ2n) is 8.09. The normalized spacial score (nSPS) is 20.8. The fourth-order valence-corrected chi connectivity index (χ4v) is 5.30. The number of halogens is 2. The average molecular weight is 484 g/mol. The van der Waals surface area contributed by atoms with Crippen molar-refractivity contribution in [1.29, 1.82) is 0 Å². The minimum absolute atomic E-state index is 0.0274. The smallest absolute Gasteiger partial charge is 0.266 e. The van der Waals surface area contributed by atoms with E-state index in [2.05, 4.69) is 9.88 Å². The minimum Gasteiger partial charge on any atom is -0.490 e. The quantitative estimate of drug-likeness (QED) is 0.628. The van der Waals surface area contributed by atoms with Gasteiger partial charge in [-0.3, -0.25) is 4.79 Å². The second-order valence-corrected chi connectivity index (χ2v) is 10.1. The number of ether oxygens (including phenoxy) is 2. The number of amides is 1. The number of carbonyl (C=O) groups excluding carboxylic acids is 1. The molecule has 1 amide bonds. The van der Waals surface area contributed by atoms with Crippen molar-refractivity contribution in [2.24, 2.45) is 0 Å². The summed E-state index contributed by atoms with van der Waals surface area (Å²) in [6.45, 7) is 8.36. The van der Waals surface area contributed by atoms with Crippen molar-refractivity contribution in [2.75, 3.05) is 39.3 Å². The summed E-state index contributed by atoms with van der Waals surface area (Å²) in [5.74, 6) is 0.830. The maximum absolute atomic E-state index is 12.9. The van der Waals surface area contributed by atoms with Crippen molar-refractivity contribution in [2.45, 2.75) is 38.9 Å². The molecule has 0 N–H and O–H groups in total. The highest BCUT2D eigenvalue weighted by atomic mass is 35.5. The molecule has 1 atom stereocenters. The zero-order chi connectivity index (χ0) is 22.0. The fraction of sp³-hybridized carbons (Fsp3) is 0.545. The summed E-state index contributed by atoms with van der Waals surface area (Å²) in [5, 5.41) is 1.97. The molecule has 2 saturated heterocycles. The van der Waals surface area contributed by atoms with Gasteiger partial charge >= 0.3 is 0 Å². The lowest BCUT2D eigenvalue weighted by Crippen LogP contribution is -2.51. The van der Waals surface area contributed by atoms with E-state index in [4.69, 9.17) is 32.7 Å². The van der Waals surface area contributed by atoms with Crippen molar-refractivity contribution in [1.82, 2.24) is 14.8 Å². The SMILES string of the molecule is Cc1nc(C)c(C(=O)N2CCOC(CN3CCC(Oc4ccc(Cl)c(Cl)c4)CC3)C2)s1. The Balaban J connectivity index is 1.26. The van der Waals surface area contributed by atoms with Crippen LogP contribution in [0.5, 0.6) is 5.75 Å². The van der Waals surface area contributed by atoms with Crippen LogP contribution in [0.4, 0.5) is 0 Å². The molecule has 168 valence electrons. The minimum atomic E-state index is 0.0274. The molecule has 1 aromatic carbocycles. The van der Waals surface area contributed by atoms with Crippen molar-refractivity contribution in [3.8, 4) is 5.75 Å². The number of rotatable bonds is 5. The lowest BCUT2D eigenvalue weighted by atomic mass is 10.1. The van der Waals surface area contributed by atoms with Gasteiger partial charge in [-0.2, -0.15) is 0 Å². The third kappa shape index (κ3) is 5.71. The summed E-state index contributed by atoms with van der Waals surface area (Å²) in [4.78, 5) is 22.4. The largest absolute Gasteiger partial charge is 0.490 e. The van der Waals surface area contributed by atoms with E-state index in [0.29, 0.717) is 29.7 Å². The van der Waals surface area contributed by atoms with E-state index in [9.17, 15) is 4.79 Å². The van der Waals surface area contributed by atoms with Crippen LogP contribution in [0.25, 0.3) is 0 Å². The average Bonchev–Trinajstić information content (AvgIpc) is 3.10. The molecule has 4 rings (SSSR count). The Morgan fingerprint density at radius 1 is 1.23 bits per heavy atom. The third-order valence-electron chi connectivity index (χ3n) is 5.71. The van der Waals surface area contributed by atoms with Crippen LogP contribution < -0.4 is 4.74 Å². The first-order valence-electron chi connectivity index (χ1n) is 10.6. The van der Waals surface area contributed by atoms with Crippen molar-refractivity contribution in [3.63, 3.8) is 0 Å². The van der Waals surface area contributed by atoms with Crippen LogP contribution in [0.3, 0.4) is 0 Å². The zero-order valence-electron chi connectivity index (χ0n) is 17.8. The zero-order valence-corrected chi connectivity index (χ0v) is 20.1. The van der Waals surface area contributed by atoms with E-state index in [1.54, 1.807) is 12.1 Å². The van der Waals surface area contributed by atoms with Crippen molar-refractivity contribution >= 4 is 40.4 Å². The predicted octanol–water partition coefficient (Wildman–Crippen LogP) is 4.45. The first-order valence-corrected chi connectivity index (χ1v) is 12.1. The molecule has 2 aliphatic rings. The van der Waals surface area contributed by atoms with Gasteiger partial charge in [0.25, 0.3) is 5.91 Å². The van der Waals surface area contributed by atoms with Crippen LogP contribution >= 0.6 is 34.5 Å². The van der Waals surface area contributed by atoms with Gasteiger partial charge in [0.2, 0.25) is 0 Å². The van der Waals surface area contributed by atoms with Gasteiger partial charge in [0.1, 0.15) is 16.7 Å². The number of likely N-dealkylation sites (tertiary alicyclic amines) is 1. The van der Waals surface area contributed by atoms with E-state index in [1.165, 1.54) is 11.3 Å². The van der Waals surface area contributed by atoms with Crippen molar-refractivity contribution in [3.05, 3.63) is 43.8 Å². The highest BCUT2D eigenvalue weighted by Gasteiger charge is 2.30. The summed E-state index contributed by atoms with van der Waals surface area (Å²) in [6, 6.07) is 5.38. The molecule has 2 aromatic rings. The summed E-state index contributed by atoms with van der Waals surface area (Å²) in [5.41, 5.74) is 0.819. The van der Waals surface area contributed by atoms with E-state index in [1.807, 2.05) is 24.8 Å². The number of hydrogen-bond donors (Lipinski definition) is 0. The lowest BCUT2D eigenvalue weighted by molar-refractivity contribution is -0.0413. The molecule has 0 radical (unpaired) electrons. The Labute approximate surface area is 197 Å². The molecule has 0 aliphatic carbocycles. The number of nitrogens with zero attached hydrogens (tertiary/aromatic N) is 3. The van der Waals surface area contributed by atoms with Gasteiger partial charge < -0.3 is 19.3 Å². The predicted molar refractivity (Wildman–Crippen MR) is 124 cm³/mol. The molecule has 9 heteroatoms. The highest BCUT2D eigenvalue weighted by molar-refractivity contribution is 7.13. The first kappa shape index (κ1) is 22.8. The van der Waals surface area contributed by atoms with Gasteiger partial charge in [0.15, 0.2) is 0 Å². The van der Waals surface area contributed by atoms with Crippen LogP contribution in [-0.4, -0.2) is 72.2 Å². The number of carbonyl (C=O) groups is 1. The monoisotopic (exact) mass is 483 g/mol. The number of aryl methyl sites for hydroxylation is 2. The molecule has 2 fully saturated rings. The molecule has 2 aliphatic heterocycles. The fourth-order valence-electron chi connectivity index (χ4n) is 4.13. The maximum atomic E-state index is 12.9. The Morgan fingerprint density at radius 3 is 2.68 bits per heavy atom. The van der Waals surface area contributed by atoms with Crippen LogP contribution in [0.2, 0.25) is 10.0 Å². The van der Waals surface area contributed by atoms with Crippen molar-refractivity contribution < 1.29 is 14.3 Å². The molecular formula is C22H27Cl2N3O3S. The van der Waals surface area contributed by atoms with Gasteiger partial charge in [-0.25, -0.2) is 4.98 Å². The molecule has 0 spiro atoms. The molecule has 0 bridgehead atoms. The summed E-state index contributed by atoms with van der Waals surface area (Å²) < 4.78 is 12.1. The standard InChI is InChI=1S/C22H27Cl2N3O3S/c1-14-21(31-15(2)25-14)22(28)27-9-10-29-18(13-27)12-26-7-5-16(6-8-26)30-17-3-4-19(23)20(24)11-17/h3-4,11,16,18H,5-10,12-13H2,1-2H3. The van der Waals surface area contributed by atoms with Crippen LogP contribution in [0.15, 0.2) is 18.2 Å². The third-order valence-corrected chi connectivity index (χ3v) is 7.51. The van der Waals surface area contributed by atoms with E-state index in [-0.39, 0.29) is 18.1 Å². The number of aromatic nitrogens is 1. The summed E-state index contributed by atoms with van der Waals surface area (Å²) in [7, 11) is 0. The topological polar surface area (TPSA) is 54.9 Å². The van der Waals surface area contributed by atoms with E-state index in [0.717, 1.165) is 53.8 Å². The first-order chi connectivity index (χ1) is 14.9. The Morgan fingerprint density at radius 2 is 2.00 bits per heavy atom. The Kier molecular flexibility index (Phi) is 7.39. The maximum Gasteiger partial charge on any atom is 0.266 e. The molecule has 31 heavy (non-hydrogen) atoms. The number of morpholine rings is 1. The Bertz CT molecular complexity index is 931.